The maximum Gasteiger partial charge on any atom is 0.397 e. The number of nitrogens with zero attached hydrogens (tertiary/aromatic N) is 3. The number of carbonyl (C=O) groups is 2. The second-order valence-electron chi connectivity index (χ2n) is 18.6. The van der Waals surface area contributed by atoms with Crippen molar-refractivity contribution in [2.75, 3.05) is 69.6 Å². The molecule has 9 N–H and O–H groups in total. The van der Waals surface area contributed by atoms with Crippen LogP contribution in [-0.4, -0.2) is 313 Å². The van der Waals surface area contributed by atoms with Gasteiger partial charge in [-0.3, -0.25) is 30.8 Å². The van der Waals surface area contributed by atoms with Crippen molar-refractivity contribution >= 4 is 90.5 Å². The summed E-state index contributed by atoms with van der Waals surface area (Å²) in [5, 5.41) is 62.5. The summed E-state index contributed by atoms with van der Waals surface area (Å²) >= 11 is -0.791. The predicted octanol–water partition coefficient (Wildman–Crippen LogP) is -3.51. The minimum absolute atomic E-state index is 0.135. The van der Waals surface area contributed by atoms with Crippen LogP contribution in [0.25, 0.3) is 10.4 Å². The number of methoxy groups -OCH3 is 7. The van der Waals surface area contributed by atoms with E-state index in [0.717, 1.165) is 49.8 Å². The first-order valence-electron chi connectivity index (χ1n) is 25.3. The second-order valence-corrected chi connectivity index (χ2v) is 24.3. The Labute approximate surface area is 547 Å². The van der Waals surface area contributed by atoms with E-state index in [4.69, 9.17) is 108 Å². The highest BCUT2D eigenvalue weighted by Crippen LogP contribution is 2.42. The van der Waals surface area contributed by atoms with Crippen LogP contribution in [0.3, 0.4) is 0 Å². The van der Waals surface area contributed by atoms with Gasteiger partial charge in [0, 0.05) is 54.7 Å². The molecule has 0 aromatic carbocycles. The number of hydrogen-bond donors (Lipinski definition) is 9. The van der Waals surface area contributed by atoms with E-state index in [-0.39, 0.29) is 24.6 Å². The Morgan fingerprint density at radius 2 is 0.747 bits per heavy atom. The zero-order valence-corrected chi connectivity index (χ0v) is 54.4. The lowest BCUT2D eigenvalue weighted by molar-refractivity contribution is -0.436. The molecule has 0 radical (unpaired) electrons. The highest BCUT2D eigenvalue weighted by molar-refractivity contribution is 7.90. The molecule has 5 heterocycles. The molecule has 58 heteroatoms. The van der Waals surface area contributed by atoms with E-state index in [1.807, 2.05) is 0 Å². The average molecular weight is 1540 g/mol. The van der Waals surface area contributed by atoms with E-state index in [1.54, 1.807) is 0 Å². The van der Waals surface area contributed by atoms with Crippen LogP contribution in [0.2, 0.25) is 0 Å². The lowest BCUT2D eigenvalue weighted by atomic mass is 9.94. The Kier molecular flexibility index (Phi) is 33.9. The lowest BCUT2D eigenvalue weighted by Crippen LogP contribution is -2.69. The summed E-state index contributed by atoms with van der Waals surface area (Å²) in [7, 11) is -15.4. The number of carboxylic acid groups (broad SMARTS) is 2. The van der Waals surface area contributed by atoms with Gasteiger partial charge in [0.15, 0.2) is 92.8 Å². The number of aliphatic carboxylic acids is 2. The van der Waals surface area contributed by atoms with E-state index in [9.17, 15) is 77.2 Å². The third kappa shape index (κ3) is 23.6. The molecular formula is C37H61N3O48S7. The van der Waals surface area contributed by atoms with Gasteiger partial charge < -0.3 is 86.0 Å². The molecule has 5 fully saturated rings. The normalized spacial score (nSPS) is 36.7. The molecule has 0 aromatic rings. The van der Waals surface area contributed by atoms with Crippen molar-refractivity contribution in [1.29, 1.82) is 0 Å². The summed E-state index contributed by atoms with van der Waals surface area (Å²) in [6.07, 6.45) is -50.6. The molecule has 0 spiro atoms. The van der Waals surface area contributed by atoms with Crippen molar-refractivity contribution < 1.29 is 221 Å². The number of azide groups is 1. The van der Waals surface area contributed by atoms with Crippen molar-refractivity contribution in [2.45, 2.75) is 153 Å². The van der Waals surface area contributed by atoms with Crippen LogP contribution in [0.1, 0.15) is 0 Å². The van der Waals surface area contributed by atoms with Gasteiger partial charge in [0.2, 0.25) is 0 Å². The Morgan fingerprint density at radius 3 is 1.09 bits per heavy atom. The summed E-state index contributed by atoms with van der Waals surface area (Å²) in [6, 6.07) is -1.68. The van der Waals surface area contributed by atoms with E-state index < -0.39 is 239 Å². The molecule has 5 aliphatic rings. The van der Waals surface area contributed by atoms with Gasteiger partial charge in [0.25, 0.3) is 0 Å². The maximum absolute atomic E-state index is 13.4. The zero-order valence-electron chi connectivity index (χ0n) is 48.7. The third-order valence-corrected chi connectivity index (χ3v) is 16.5. The molecule has 5 saturated heterocycles. The molecule has 0 aliphatic carbocycles. The van der Waals surface area contributed by atoms with Crippen LogP contribution in [0, 0.1) is 0 Å². The second kappa shape index (κ2) is 38.6. The van der Waals surface area contributed by atoms with Crippen LogP contribution in [0.15, 0.2) is 5.11 Å². The van der Waals surface area contributed by atoms with Crippen molar-refractivity contribution in [3.05, 3.63) is 10.4 Å². The topological polar surface area (TPSA) is 669 Å². The molecule has 5 rings (SSSR count). The summed E-state index contributed by atoms with van der Waals surface area (Å²) < 4.78 is 276. The Hall–Kier alpha value is -2.34. The van der Waals surface area contributed by atoms with Gasteiger partial charge in [0.05, 0.1) is 25.9 Å². The SMILES string of the molecule is COC1C(OC)[C@H](O[C@H]2O[C@@H](COS(=O)(=O)O)[C@@H](O[C@@H]3OC(C(=O)O)[C@@H](O[C@@H]4OC(COS(=O)(=O)O)[C@H](OC)[C@H](OC)C4N=[N+]=[N-])[C@H](OC)C3OC)C(OSOOO)C2OS(=O)(=O)O)[C@H](C(=O)O)O[C@@H]1O[C@@H]1C(COS(=O)(=O)O)O[C@H](OC)C(OSOOO)[C@H]1OSOOO. The molecule has 554 valence electrons. The van der Waals surface area contributed by atoms with Gasteiger partial charge in [-0.2, -0.15) is 33.7 Å². The van der Waals surface area contributed by atoms with Crippen LogP contribution >= 0.6 is 37.0 Å². The predicted molar refractivity (Wildman–Crippen MR) is 284 cm³/mol. The fourth-order valence-corrected chi connectivity index (χ4v) is 12.4. The van der Waals surface area contributed by atoms with Gasteiger partial charge >= 0.3 is 53.5 Å². The average Bonchev–Trinajstić information content (AvgIpc) is 0.765. The first-order valence-corrected chi connectivity index (χ1v) is 32.8. The van der Waals surface area contributed by atoms with Crippen LogP contribution in [-0.2, 0) is 184 Å². The van der Waals surface area contributed by atoms with E-state index >= 15 is 0 Å². The molecule has 0 amide bonds. The summed E-state index contributed by atoms with van der Waals surface area (Å²) in [4.78, 5) is 29.5. The summed E-state index contributed by atoms with van der Waals surface area (Å²) in [6.45, 7) is -3.84. The largest absolute Gasteiger partial charge is 0.479 e. The smallest absolute Gasteiger partial charge is 0.397 e. The fourth-order valence-electron chi connectivity index (χ4n) is 9.96. The number of carboxylic acids is 2. The molecule has 0 aromatic heterocycles. The fraction of sp³-hybridized carbons (Fsp3) is 0.946. The van der Waals surface area contributed by atoms with Gasteiger partial charge in [-0.25, -0.2) is 42.1 Å². The van der Waals surface area contributed by atoms with Crippen molar-refractivity contribution in [2.24, 2.45) is 5.11 Å². The van der Waals surface area contributed by atoms with Crippen LogP contribution in [0.5, 0.6) is 0 Å². The van der Waals surface area contributed by atoms with E-state index in [0.29, 0.717) is 0 Å². The lowest BCUT2D eigenvalue weighted by Gasteiger charge is -2.51. The Bertz CT molecular complexity index is 2890. The minimum atomic E-state index is -5.98. The van der Waals surface area contributed by atoms with Crippen molar-refractivity contribution in [1.82, 2.24) is 0 Å². The molecule has 25 atom stereocenters. The third-order valence-electron chi connectivity index (χ3n) is 13.5. The number of ether oxygens (including phenoxy) is 16. The monoisotopic (exact) mass is 1540 g/mol. The molecule has 5 aliphatic heterocycles. The van der Waals surface area contributed by atoms with Gasteiger partial charge in [0.1, 0.15) is 91.5 Å². The van der Waals surface area contributed by atoms with Gasteiger partial charge in [-0.1, -0.05) is 20.2 Å². The summed E-state index contributed by atoms with van der Waals surface area (Å²) in [5.41, 5.74) is 9.59. The van der Waals surface area contributed by atoms with Crippen LogP contribution < -0.4 is 0 Å². The quantitative estimate of drug-likeness (QED) is 0.00419. The van der Waals surface area contributed by atoms with Crippen molar-refractivity contribution in [3.8, 4) is 0 Å². The van der Waals surface area contributed by atoms with Crippen molar-refractivity contribution in [3.63, 3.8) is 0 Å². The molecule has 51 nitrogen and oxygen atoms in total. The van der Waals surface area contributed by atoms with E-state index in [2.05, 4.69) is 50.7 Å². The maximum atomic E-state index is 13.4. The molecule has 0 bridgehead atoms. The van der Waals surface area contributed by atoms with E-state index in [1.165, 1.54) is 0 Å². The molecule has 0 saturated carbocycles. The first kappa shape index (κ1) is 83.3. The van der Waals surface area contributed by atoms with Gasteiger partial charge in [-0.15, -0.1) is 13.0 Å². The Morgan fingerprint density at radius 1 is 0.411 bits per heavy atom. The molecule has 95 heavy (non-hydrogen) atoms. The Balaban J connectivity index is 1.61. The highest BCUT2D eigenvalue weighted by Gasteiger charge is 2.62. The van der Waals surface area contributed by atoms with Gasteiger partial charge in [-0.05, 0) is 5.53 Å². The zero-order chi connectivity index (χ0) is 70.8. The molecular weight excluding hydrogens is 1480 g/mol. The number of rotatable bonds is 41. The first-order chi connectivity index (χ1) is 44.8. The van der Waals surface area contributed by atoms with Crippen LogP contribution in [0.4, 0.5) is 0 Å². The highest BCUT2D eigenvalue weighted by atomic mass is 32.3. The molecule has 10 unspecified atom stereocenters. The summed E-state index contributed by atoms with van der Waals surface area (Å²) in [5.74, 6) is -4.03. The number of hydrogen-bond acceptors (Lipinski definition) is 46. The minimum Gasteiger partial charge on any atom is -0.479 e. The standard InChI is InChI=1S/C37H61N3O48S7/c1-60-15-11(8-67-92(48,49)50)70-33(14(39-40-38)18(15)61-2)75-21-19(62-3)27(64-5)36(77-25(21)31(41)42)74-17-13(10-69-94(54,55)56)72-37(30(82-95(57,58)59)24(17)80-90-87-84-46)76-22-20(63-4)28(65-6)35(78-26(22)32(43)44)73-16-12(9-68-93(51,52)53)71-34(66-7)29(81-91-88-85-47)23(16)79-89-86-83-45/h11-30,33-37,45-47H,8-10H2,1-7H3,(H,41,42)(H,43,44)(H,48,49,50)(H,51,52,53)(H,54,55,56)(H,57,58,59)/t11?,12?,13-,14?,15-,16+,17+,18+,19-,20?,21-,22-,23-,24?,25?,26+,27?,28?,29?,30?,33-,34-,35-,36+,37+/m0/s1.